The molecule has 0 spiro atoms. The van der Waals surface area contributed by atoms with Crippen LogP contribution in [0.5, 0.6) is 0 Å². The van der Waals surface area contributed by atoms with Gasteiger partial charge in [0.25, 0.3) is 0 Å². The summed E-state index contributed by atoms with van der Waals surface area (Å²) in [6.45, 7) is 3.64. The molecular formula is C12H11N5O. The predicted molar refractivity (Wildman–Crippen MR) is 65.0 cm³/mol. The van der Waals surface area contributed by atoms with Crippen LogP contribution in [0, 0.1) is 13.8 Å². The summed E-state index contributed by atoms with van der Waals surface area (Å²) in [6.07, 6.45) is 2.58. The van der Waals surface area contributed by atoms with Gasteiger partial charge in [0.2, 0.25) is 0 Å². The molecule has 3 aromatic rings. The molecule has 0 aliphatic carbocycles. The maximum Gasteiger partial charge on any atom is 0.185 e. The number of aromatic nitrogens is 5. The number of carbonyl (C=O) groups is 1. The molecule has 0 amide bonds. The number of hydrogen-bond acceptors (Lipinski definition) is 4. The number of aldehydes is 1. The lowest BCUT2D eigenvalue weighted by molar-refractivity contribution is 0.111. The lowest BCUT2D eigenvalue weighted by Gasteiger charge is -1.98. The second kappa shape index (κ2) is 3.76. The average Bonchev–Trinajstić information content (AvgIpc) is 2.88. The largest absolute Gasteiger partial charge is 0.296 e. The third-order valence-electron chi connectivity index (χ3n) is 2.73. The molecule has 0 radical (unpaired) electrons. The maximum atomic E-state index is 11.3. The van der Waals surface area contributed by atoms with Crippen LogP contribution in [0.1, 0.15) is 22.1 Å². The first-order chi connectivity index (χ1) is 8.70. The van der Waals surface area contributed by atoms with Gasteiger partial charge in [0.15, 0.2) is 12.1 Å². The zero-order valence-corrected chi connectivity index (χ0v) is 10.0. The molecule has 18 heavy (non-hydrogen) atoms. The summed E-state index contributed by atoms with van der Waals surface area (Å²) in [5, 5.41) is 4.26. The fourth-order valence-corrected chi connectivity index (χ4v) is 1.99. The number of carbonyl (C=O) groups excluding carboxylic acids is 1. The van der Waals surface area contributed by atoms with Crippen LogP contribution in [-0.4, -0.2) is 30.4 Å². The molecule has 90 valence electrons. The Morgan fingerprint density at radius 2 is 2.06 bits per heavy atom. The summed E-state index contributed by atoms with van der Waals surface area (Å²) in [5.74, 6) is 1.87. The summed E-state index contributed by atoms with van der Waals surface area (Å²) in [4.78, 5) is 19.9. The molecule has 6 nitrogen and oxygen atoms in total. The highest BCUT2D eigenvalue weighted by Crippen LogP contribution is 2.15. The molecule has 3 aromatic heterocycles. The standard InChI is InChI=1S/C12H11N5O/c1-8-13-9(2)17(15-8)12-10(7-18)16-6-4-3-5-11(16)14-12/h3-7H,1-2H3. The van der Waals surface area contributed by atoms with Crippen molar-refractivity contribution in [2.75, 3.05) is 0 Å². The molecule has 3 rings (SSSR count). The highest BCUT2D eigenvalue weighted by atomic mass is 16.1. The van der Waals surface area contributed by atoms with E-state index in [1.54, 1.807) is 22.2 Å². The topological polar surface area (TPSA) is 65.1 Å². The molecule has 0 N–H and O–H groups in total. The molecule has 0 fully saturated rings. The van der Waals surface area contributed by atoms with E-state index >= 15 is 0 Å². The maximum absolute atomic E-state index is 11.3. The van der Waals surface area contributed by atoms with Crippen LogP contribution in [0.4, 0.5) is 0 Å². The van der Waals surface area contributed by atoms with Gasteiger partial charge in [-0.05, 0) is 26.0 Å². The molecular weight excluding hydrogens is 230 g/mol. The van der Waals surface area contributed by atoms with E-state index in [0.717, 1.165) is 6.29 Å². The quantitative estimate of drug-likeness (QED) is 0.635. The van der Waals surface area contributed by atoms with Gasteiger partial charge in [-0.25, -0.2) is 9.97 Å². The average molecular weight is 241 g/mol. The van der Waals surface area contributed by atoms with E-state index in [2.05, 4.69) is 15.1 Å². The molecule has 6 heteroatoms. The number of imidazole rings is 1. The van der Waals surface area contributed by atoms with Crippen molar-refractivity contribution in [3.05, 3.63) is 41.7 Å². The molecule has 0 saturated carbocycles. The minimum atomic E-state index is 0.471. The second-order valence-corrected chi connectivity index (χ2v) is 3.99. The number of rotatable bonds is 2. The Kier molecular flexibility index (Phi) is 2.22. The van der Waals surface area contributed by atoms with Gasteiger partial charge in [0.05, 0.1) is 0 Å². The summed E-state index contributed by atoms with van der Waals surface area (Å²) in [5.41, 5.74) is 1.18. The molecule has 0 aromatic carbocycles. The van der Waals surface area contributed by atoms with Crippen LogP contribution >= 0.6 is 0 Å². The van der Waals surface area contributed by atoms with Crippen LogP contribution in [-0.2, 0) is 0 Å². The smallest absolute Gasteiger partial charge is 0.185 e. The molecule has 0 atom stereocenters. The lowest BCUT2D eigenvalue weighted by Crippen LogP contribution is -2.04. The molecule has 3 heterocycles. The fraction of sp³-hybridized carbons (Fsp3) is 0.167. The highest BCUT2D eigenvalue weighted by Gasteiger charge is 2.16. The van der Waals surface area contributed by atoms with Gasteiger partial charge in [-0.2, -0.15) is 4.68 Å². The van der Waals surface area contributed by atoms with Crippen molar-refractivity contribution >= 4 is 11.9 Å². The SMILES string of the molecule is Cc1nc(C)n(-c2nc3ccccn3c2C=O)n1. The van der Waals surface area contributed by atoms with Gasteiger partial charge in [-0.15, -0.1) is 5.10 Å². The Balaban J connectivity index is 2.35. The van der Waals surface area contributed by atoms with Crippen molar-refractivity contribution in [2.45, 2.75) is 13.8 Å². The van der Waals surface area contributed by atoms with Gasteiger partial charge in [0.1, 0.15) is 23.0 Å². The van der Waals surface area contributed by atoms with E-state index in [4.69, 9.17) is 0 Å². The van der Waals surface area contributed by atoms with Crippen molar-refractivity contribution in [3.8, 4) is 5.82 Å². The molecule has 0 bridgehead atoms. The fourth-order valence-electron chi connectivity index (χ4n) is 1.99. The second-order valence-electron chi connectivity index (χ2n) is 3.99. The number of pyridine rings is 1. The third-order valence-corrected chi connectivity index (χ3v) is 2.73. The normalized spacial score (nSPS) is 11.0. The van der Waals surface area contributed by atoms with Crippen molar-refractivity contribution in [1.82, 2.24) is 24.1 Å². The first-order valence-corrected chi connectivity index (χ1v) is 5.53. The molecule has 0 aliphatic rings. The summed E-state index contributed by atoms with van der Waals surface area (Å²) < 4.78 is 3.32. The Bertz CT molecular complexity index is 740. The van der Waals surface area contributed by atoms with E-state index < -0.39 is 0 Å². The summed E-state index contributed by atoms with van der Waals surface area (Å²) in [6, 6.07) is 5.57. The number of nitrogens with zero attached hydrogens (tertiary/aromatic N) is 5. The van der Waals surface area contributed by atoms with E-state index in [9.17, 15) is 4.79 Å². The van der Waals surface area contributed by atoms with Gasteiger partial charge in [-0.3, -0.25) is 9.20 Å². The first-order valence-electron chi connectivity index (χ1n) is 5.53. The lowest BCUT2D eigenvalue weighted by atomic mass is 10.4. The summed E-state index contributed by atoms with van der Waals surface area (Å²) in [7, 11) is 0. The molecule has 0 saturated heterocycles. The highest BCUT2D eigenvalue weighted by molar-refractivity contribution is 5.79. The van der Waals surface area contributed by atoms with Gasteiger partial charge < -0.3 is 0 Å². The van der Waals surface area contributed by atoms with Crippen LogP contribution < -0.4 is 0 Å². The van der Waals surface area contributed by atoms with Crippen molar-refractivity contribution in [2.24, 2.45) is 0 Å². The Morgan fingerprint density at radius 3 is 2.72 bits per heavy atom. The zero-order chi connectivity index (χ0) is 12.7. The Morgan fingerprint density at radius 1 is 1.22 bits per heavy atom. The van der Waals surface area contributed by atoms with E-state index in [1.807, 2.05) is 25.1 Å². The minimum Gasteiger partial charge on any atom is -0.296 e. The van der Waals surface area contributed by atoms with Crippen molar-refractivity contribution in [1.29, 1.82) is 0 Å². The third kappa shape index (κ3) is 1.42. The Hall–Kier alpha value is -2.50. The van der Waals surface area contributed by atoms with Gasteiger partial charge >= 0.3 is 0 Å². The van der Waals surface area contributed by atoms with Crippen molar-refractivity contribution in [3.63, 3.8) is 0 Å². The Labute approximate surface area is 103 Å². The van der Waals surface area contributed by atoms with Crippen molar-refractivity contribution < 1.29 is 4.79 Å². The van der Waals surface area contributed by atoms with Crippen LogP contribution in [0.3, 0.4) is 0 Å². The minimum absolute atomic E-state index is 0.471. The van der Waals surface area contributed by atoms with E-state index in [0.29, 0.717) is 28.8 Å². The number of fused-ring (bicyclic) bond motifs is 1. The number of aryl methyl sites for hydroxylation is 2. The van der Waals surface area contributed by atoms with Crippen LogP contribution in [0.2, 0.25) is 0 Å². The van der Waals surface area contributed by atoms with Gasteiger partial charge in [0, 0.05) is 6.20 Å². The predicted octanol–water partition coefficient (Wildman–Crippen LogP) is 1.34. The van der Waals surface area contributed by atoms with Crippen LogP contribution in [0.25, 0.3) is 11.5 Å². The number of hydrogen-bond donors (Lipinski definition) is 0. The monoisotopic (exact) mass is 241 g/mol. The molecule has 0 aliphatic heterocycles. The molecule has 0 unspecified atom stereocenters. The van der Waals surface area contributed by atoms with E-state index in [-0.39, 0.29) is 0 Å². The van der Waals surface area contributed by atoms with Crippen LogP contribution in [0.15, 0.2) is 24.4 Å². The van der Waals surface area contributed by atoms with E-state index in [1.165, 1.54) is 0 Å². The summed E-state index contributed by atoms with van der Waals surface area (Å²) >= 11 is 0. The first kappa shape index (κ1) is 10.6. The van der Waals surface area contributed by atoms with Gasteiger partial charge in [-0.1, -0.05) is 6.07 Å². The zero-order valence-electron chi connectivity index (χ0n) is 10.0.